The SMILES string of the molecule is CCOc1ccc(-c2ccc(=O)n(C(C)C(=O)Nc3ccc(N(CC)CC)cc3C)n2)cc1. The maximum atomic E-state index is 13.0. The second-order valence-electron chi connectivity index (χ2n) is 7.80. The Balaban J connectivity index is 1.80. The molecule has 0 saturated carbocycles. The fourth-order valence-corrected chi connectivity index (χ4v) is 3.67. The molecule has 0 radical (unpaired) electrons. The van der Waals surface area contributed by atoms with Crippen LogP contribution in [0.2, 0.25) is 0 Å². The molecule has 174 valence electrons. The van der Waals surface area contributed by atoms with Crippen molar-refractivity contribution < 1.29 is 9.53 Å². The predicted molar refractivity (Wildman–Crippen MR) is 133 cm³/mol. The number of hydrogen-bond acceptors (Lipinski definition) is 5. The lowest BCUT2D eigenvalue weighted by atomic mass is 10.1. The van der Waals surface area contributed by atoms with Crippen LogP contribution in [0.25, 0.3) is 11.3 Å². The fraction of sp³-hybridized carbons (Fsp3) is 0.346. The standard InChI is InChI=1S/C26H32N4O3/c1-6-29(7-2)21-11-14-23(18(4)17-21)27-26(32)19(5)30-25(31)16-15-24(28-30)20-9-12-22(13-10-20)33-8-3/h9-17,19H,6-8H2,1-5H3,(H,27,32). The lowest BCUT2D eigenvalue weighted by molar-refractivity contribution is -0.119. The van der Waals surface area contributed by atoms with Crippen molar-refractivity contribution in [1.29, 1.82) is 0 Å². The normalized spacial score (nSPS) is 11.7. The molecule has 1 atom stereocenters. The highest BCUT2D eigenvalue weighted by Crippen LogP contribution is 2.24. The monoisotopic (exact) mass is 448 g/mol. The zero-order valence-electron chi connectivity index (χ0n) is 20.0. The van der Waals surface area contributed by atoms with Gasteiger partial charge in [0.15, 0.2) is 0 Å². The van der Waals surface area contributed by atoms with Gasteiger partial charge < -0.3 is 15.0 Å². The number of nitrogens with zero attached hydrogens (tertiary/aromatic N) is 3. The van der Waals surface area contributed by atoms with E-state index in [1.54, 1.807) is 13.0 Å². The maximum Gasteiger partial charge on any atom is 0.267 e. The van der Waals surface area contributed by atoms with Crippen LogP contribution in [0.15, 0.2) is 59.4 Å². The molecule has 3 rings (SSSR count). The summed E-state index contributed by atoms with van der Waals surface area (Å²) in [6, 6.07) is 15.8. The van der Waals surface area contributed by atoms with Crippen molar-refractivity contribution in [3.05, 3.63) is 70.5 Å². The zero-order chi connectivity index (χ0) is 24.0. The third-order valence-electron chi connectivity index (χ3n) is 5.63. The van der Waals surface area contributed by atoms with E-state index in [1.807, 2.05) is 50.2 Å². The Hall–Kier alpha value is -3.61. The van der Waals surface area contributed by atoms with Gasteiger partial charge in [-0.05, 0) is 88.7 Å². The van der Waals surface area contributed by atoms with E-state index in [9.17, 15) is 9.59 Å². The summed E-state index contributed by atoms with van der Waals surface area (Å²) in [5, 5.41) is 7.40. The second-order valence-corrected chi connectivity index (χ2v) is 7.80. The predicted octanol–water partition coefficient (Wildman–Crippen LogP) is 4.66. The Morgan fingerprint density at radius 3 is 2.36 bits per heavy atom. The summed E-state index contributed by atoms with van der Waals surface area (Å²) in [6.07, 6.45) is 0. The van der Waals surface area contributed by atoms with Crippen LogP contribution in [-0.2, 0) is 4.79 Å². The number of carbonyl (C=O) groups excluding carboxylic acids is 1. The Morgan fingerprint density at radius 1 is 1.06 bits per heavy atom. The largest absolute Gasteiger partial charge is 0.494 e. The molecule has 2 aromatic carbocycles. The molecule has 7 heteroatoms. The highest BCUT2D eigenvalue weighted by Gasteiger charge is 2.19. The summed E-state index contributed by atoms with van der Waals surface area (Å²) in [5.41, 5.74) is 3.91. The van der Waals surface area contributed by atoms with Crippen LogP contribution in [0.3, 0.4) is 0 Å². The number of anilines is 2. The quantitative estimate of drug-likeness (QED) is 0.515. The molecular formula is C26H32N4O3. The third kappa shape index (κ3) is 5.61. The molecule has 0 bridgehead atoms. The topological polar surface area (TPSA) is 76.5 Å². The minimum Gasteiger partial charge on any atom is -0.494 e. The van der Waals surface area contributed by atoms with Gasteiger partial charge in [0.1, 0.15) is 11.8 Å². The molecule has 0 fully saturated rings. The van der Waals surface area contributed by atoms with E-state index in [-0.39, 0.29) is 11.5 Å². The lowest BCUT2D eigenvalue weighted by Crippen LogP contribution is -2.33. The molecule has 1 aromatic heterocycles. The van der Waals surface area contributed by atoms with E-state index in [1.165, 1.54) is 10.7 Å². The molecule has 1 amide bonds. The van der Waals surface area contributed by atoms with Crippen molar-refractivity contribution in [2.75, 3.05) is 29.9 Å². The first-order valence-corrected chi connectivity index (χ1v) is 11.4. The van der Waals surface area contributed by atoms with E-state index in [0.717, 1.165) is 41.3 Å². The van der Waals surface area contributed by atoms with E-state index in [0.29, 0.717) is 12.3 Å². The maximum absolute atomic E-state index is 13.0. The van der Waals surface area contributed by atoms with Crippen LogP contribution in [0.5, 0.6) is 5.75 Å². The van der Waals surface area contributed by atoms with Gasteiger partial charge in [-0.15, -0.1) is 0 Å². The van der Waals surface area contributed by atoms with Crippen molar-refractivity contribution in [3.63, 3.8) is 0 Å². The summed E-state index contributed by atoms with van der Waals surface area (Å²) in [6.45, 7) is 12.2. The Morgan fingerprint density at radius 2 is 1.76 bits per heavy atom. The molecule has 0 saturated heterocycles. The molecule has 1 unspecified atom stereocenters. The number of nitrogens with one attached hydrogen (secondary N) is 1. The molecule has 0 aliphatic heterocycles. The van der Waals surface area contributed by atoms with E-state index < -0.39 is 6.04 Å². The van der Waals surface area contributed by atoms with Gasteiger partial charge >= 0.3 is 0 Å². The van der Waals surface area contributed by atoms with Gasteiger partial charge in [0.25, 0.3) is 5.56 Å². The van der Waals surface area contributed by atoms with Crippen LogP contribution in [0, 0.1) is 6.92 Å². The van der Waals surface area contributed by atoms with E-state index >= 15 is 0 Å². The van der Waals surface area contributed by atoms with Crippen LogP contribution in [0.1, 0.15) is 39.3 Å². The van der Waals surface area contributed by atoms with E-state index in [2.05, 4.69) is 35.2 Å². The van der Waals surface area contributed by atoms with Gasteiger partial charge in [-0.3, -0.25) is 9.59 Å². The molecule has 0 aliphatic carbocycles. The molecular weight excluding hydrogens is 416 g/mol. The first-order chi connectivity index (χ1) is 15.9. The Kier molecular flexibility index (Phi) is 7.87. The Labute approximate surface area is 195 Å². The second kappa shape index (κ2) is 10.8. The molecule has 1 N–H and O–H groups in total. The van der Waals surface area contributed by atoms with Crippen molar-refractivity contribution in [2.45, 2.75) is 40.7 Å². The number of amides is 1. The van der Waals surface area contributed by atoms with Crippen LogP contribution >= 0.6 is 0 Å². The van der Waals surface area contributed by atoms with Crippen molar-refractivity contribution >= 4 is 17.3 Å². The highest BCUT2D eigenvalue weighted by molar-refractivity contribution is 5.94. The highest BCUT2D eigenvalue weighted by atomic mass is 16.5. The molecule has 7 nitrogen and oxygen atoms in total. The molecule has 0 aliphatic rings. The van der Waals surface area contributed by atoms with Gasteiger partial charge in [-0.1, -0.05) is 0 Å². The summed E-state index contributed by atoms with van der Waals surface area (Å²) in [5.74, 6) is 0.469. The average Bonchev–Trinajstić information content (AvgIpc) is 2.82. The van der Waals surface area contributed by atoms with Gasteiger partial charge in [-0.2, -0.15) is 5.10 Å². The van der Waals surface area contributed by atoms with E-state index in [4.69, 9.17) is 4.74 Å². The zero-order valence-corrected chi connectivity index (χ0v) is 20.0. The van der Waals surface area contributed by atoms with Gasteiger partial charge in [-0.25, -0.2) is 4.68 Å². The van der Waals surface area contributed by atoms with Gasteiger partial charge in [0.05, 0.1) is 12.3 Å². The van der Waals surface area contributed by atoms with Gasteiger partial charge in [0.2, 0.25) is 5.91 Å². The summed E-state index contributed by atoms with van der Waals surface area (Å²) < 4.78 is 6.70. The fourth-order valence-electron chi connectivity index (χ4n) is 3.67. The molecule has 3 aromatic rings. The summed E-state index contributed by atoms with van der Waals surface area (Å²) >= 11 is 0. The molecule has 1 heterocycles. The number of carbonyl (C=O) groups is 1. The summed E-state index contributed by atoms with van der Waals surface area (Å²) in [7, 11) is 0. The number of ether oxygens (including phenoxy) is 1. The minimum absolute atomic E-state index is 0.299. The van der Waals surface area contributed by atoms with Crippen LogP contribution < -0.4 is 20.5 Å². The third-order valence-corrected chi connectivity index (χ3v) is 5.63. The first kappa shape index (κ1) is 24.0. The number of benzene rings is 2. The summed E-state index contributed by atoms with van der Waals surface area (Å²) in [4.78, 5) is 27.7. The van der Waals surface area contributed by atoms with Gasteiger partial charge in [0, 0.05) is 36.1 Å². The van der Waals surface area contributed by atoms with Crippen molar-refractivity contribution in [1.82, 2.24) is 9.78 Å². The smallest absolute Gasteiger partial charge is 0.267 e. The van der Waals surface area contributed by atoms with Crippen LogP contribution in [0.4, 0.5) is 11.4 Å². The van der Waals surface area contributed by atoms with Crippen molar-refractivity contribution in [2.24, 2.45) is 0 Å². The van der Waals surface area contributed by atoms with Crippen LogP contribution in [-0.4, -0.2) is 35.4 Å². The first-order valence-electron chi connectivity index (χ1n) is 11.4. The molecule has 33 heavy (non-hydrogen) atoms. The minimum atomic E-state index is -0.776. The number of hydrogen-bond donors (Lipinski definition) is 1. The van der Waals surface area contributed by atoms with Crippen molar-refractivity contribution in [3.8, 4) is 17.0 Å². The molecule has 0 spiro atoms. The Bertz CT molecular complexity index is 1150. The number of aryl methyl sites for hydroxylation is 1. The number of rotatable bonds is 9. The average molecular weight is 449 g/mol. The lowest BCUT2D eigenvalue weighted by Gasteiger charge is -2.22. The number of aromatic nitrogens is 2.